The van der Waals surface area contributed by atoms with Gasteiger partial charge >= 0.3 is 0 Å². The molecule has 2 aliphatic rings. The minimum Gasteiger partial charge on any atom is -0.486 e. The van der Waals surface area contributed by atoms with Gasteiger partial charge in [0, 0.05) is 6.04 Å². The van der Waals surface area contributed by atoms with Crippen LogP contribution in [0, 0.1) is 0 Å². The number of morpholine rings is 1. The first-order chi connectivity index (χ1) is 8.33. The SMILES string of the molecule is CC1COCC(c2ccc3c(c2)OCCO3)N1. The third-order valence-electron chi connectivity index (χ3n) is 3.11. The summed E-state index contributed by atoms with van der Waals surface area (Å²) in [5.41, 5.74) is 1.20. The van der Waals surface area contributed by atoms with E-state index in [0.29, 0.717) is 25.9 Å². The number of rotatable bonds is 1. The lowest BCUT2D eigenvalue weighted by atomic mass is 10.0. The highest BCUT2D eigenvalue weighted by Gasteiger charge is 2.21. The monoisotopic (exact) mass is 235 g/mol. The molecule has 0 spiro atoms. The zero-order chi connectivity index (χ0) is 11.7. The normalized spacial score (nSPS) is 27.8. The van der Waals surface area contributed by atoms with Crippen molar-refractivity contribution in [1.82, 2.24) is 5.32 Å². The predicted molar refractivity (Wildman–Crippen MR) is 63.6 cm³/mol. The van der Waals surface area contributed by atoms with E-state index in [1.807, 2.05) is 12.1 Å². The lowest BCUT2D eigenvalue weighted by Gasteiger charge is -2.30. The summed E-state index contributed by atoms with van der Waals surface area (Å²) in [6.07, 6.45) is 0. The first-order valence-corrected chi connectivity index (χ1v) is 6.06. The van der Waals surface area contributed by atoms with Gasteiger partial charge in [-0.1, -0.05) is 6.07 Å². The smallest absolute Gasteiger partial charge is 0.161 e. The Morgan fingerprint density at radius 3 is 2.76 bits per heavy atom. The van der Waals surface area contributed by atoms with Crippen molar-refractivity contribution in [2.24, 2.45) is 0 Å². The number of fused-ring (bicyclic) bond motifs is 1. The van der Waals surface area contributed by atoms with Gasteiger partial charge < -0.3 is 19.5 Å². The van der Waals surface area contributed by atoms with Crippen LogP contribution in [0.3, 0.4) is 0 Å². The highest BCUT2D eigenvalue weighted by Crippen LogP contribution is 2.33. The maximum absolute atomic E-state index is 5.59. The molecule has 1 aromatic rings. The van der Waals surface area contributed by atoms with Gasteiger partial charge in [-0.15, -0.1) is 0 Å². The van der Waals surface area contributed by atoms with Gasteiger partial charge in [-0.3, -0.25) is 0 Å². The molecule has 0 aromatic heterocycles. The summed E-state index contributed by atoms with van der Waals surface area (Å²) in [5.74, 6) is 1.68. The molecular weight excluding hydrogens is 218 g/mol. The van der Waals surface area contributed by atoms with E-state index < -0.39 is 0 Å². The summed E-state index contributed by atoms with van der Waals surface area (Å²) in [7, 11) is 0. The maximum atomic E-state index is 5.59. The molecule has 0 bridgehead atoms. The van der Waals surface area contributed by atoms with Crippen LogP contribution in [0.1, 0.15) is 18.5 Å². The molecule has 2 heterocycles. The van der Waals surface area contributed by atoms with Crippen molar-refractivity contribution in [3.8, 4) is 11.5 Å². The second-order valence-electron chi connectivity index (χ2n) is 4.56. The summed E-state index contributed by atoms with van der Waals surface area (Å²) in [5, 5.41) is 3.52. The fourth-order valence-electron chi connectivity index (χ4n) is 2.27. The van der Waals surface area contributed by atoms with Gasteiger partial charge in [0.2, 0.25) is 0 Å². The van der Waals surface area contributed by atoms with Gasteiger partial charge in [-0.2, -0.15) is 0 Å². The van der Waals surface area contributed by atoms with Crippen molar-refractivity contribution in [3.63, 3.8) is 0 Å². The van der Waals surface area contributed by atoms with E-state index in [9.17, 15) is 0 Å². The standard InChI is InChI=1S/C13H17NO3/c1-9-7-15-8-11(14-9)10-2-3-12-13(6-10)17-5-4-16-12/h2-3,6,9,11,14H,4-5,7-8H2,1H3. The van der Waals surface area contributed by atoms with Gasteiger partial charge in [-0.25, -0.2) is 0 Å². The average Bonchev–Trinajstić information content (AvgIpc) is 2.38. The van der Waals surface area contributed by atoms with Gasteiger partial charge in [0.1, 0.15) is 13.2 Å². The van der Waals surface area contributed by atoms with E-state index in [4.69, 9.17) is 14.2 Å². The van der Waals surface area contributed by atoms with E-state index in [2.05, 4.69) is 18.3 Å². The number of hydrogen-bond donors (Lipinski definition) is 1. The molecule has 0 aliphatic carbocycles. The summed E-state index contributed by atoms with van der Waals surface area (Å²) in [6, 6.07) is 6.74. The Bertz CT molecular complexity index is 408. The molecule has 2 aliphatic heterocycles. The quantitative estimate of drug-likeness (QED) is 0.801. The first kappa shape index (κ1) is 10.9. The fraction of sp³-hybridized carbons (Fsp3) is 0.538. The molecule has 3 rings (SSSR count). The Hall–Kier alpha value is -1.26. The number of ether oxygens (including phenoxy) is 3. The van der Waals surface area contributed by atoms with Gasteiger partial charge in [0.15, 0.2) is 11.5 Å². The molecule has 0 saturated carbocycles. The molecule has 4 heteroatoms. The zero-order valence-corrected chi connectivity index (χ0v) is 9.94. The van der Waals surface area contributed by atoms with Crippen molar-refractivity contribution in [1.29, 1.82) is 0 Å². The number of hydrogen-bond acceptors (Lipinski definition) is 4. The molecule has 1 fully saturated rings. The number of benzene rings is 1. The van der Waals surface area contributed by atoms with Gasteiger partial charge in [-0.05, 0) is 24.6 Å². The lowest BCUT2D eigenvalue weighted by Crippen LogP contribution is -2.41. The Morgan fingerprint density at radius 2 is 1.94 bits per heavy atom. The molecule has 92 valence electrons. The highest BCUT2D eigenvalue weighted by molar-refractivity contribution is 5.44. The van der Waals surface area contributed by atoms with Crippen LogP contribution in [0.15, 0.2) is 18.2 Å². The van der Waals surface area contributed by atoms with Crippen molar-refractivity contribution in [2.45, 2.75) is 19.0 Å². The molecule has 0 radical (unpaired) electrons. The molecule has 2 atom stereocenters. The maximum Gasteiger partial charge on any atom is 0.161 e. The summed E-state index contributed by atoms with van der Waals surface area (Å²) in [4.78, 5) is 0. The van der Waals surface area contributed by atoms with Crippen molar-refractivity contribution >= 4 is 0 Å². The van der Waals surface area contributed by atoms with Crippen LogP contribution in [0.5, 0.6) is 11.5 Å². The Balaban J connectivity index is 1.83. The highest BCUT2D eigenvalue weighted by atomic mass is 16.6. The summed E-state index contributed by atoms with van der Waals surface area (Å²) in [6.45, 7) is 4.88. The van der Waals surface area contributed by atoms with Crippen molar-refractivity contribution in [3.05, 3.63) is 23.8 Å². The minimum absolute atomic E-state index is 0.245. The van der Waals surface area contributed by atoms with E-state index in [1.165, 1.54) is 5.56 Å². The molecule has 4 nitrogen and oxygen atoms in total. The van der Waals surface area contributed by atoms with Crippen LogP contribution >= 0.6 is 0 Å². The topological polar surface area (TPSA) is 39.7 Å². The van der Waals surface area contributed by atoms with Crippen LogP contribution in [0.2, 0.25) is 0 Å². The third-order valence-corrected chi connectivity index (χ3v) is 3.11. The summed E-state index contributed by atoms with van der Waals surface area (Å²) < 4.78 is 16.7. The van der Waals surface area contributed by atoms with Crippen LogP contribution < -0.4 is 14.8 Å². The first-order valence-electron chi connectivity index (χ1n) is 6.06. The second kappa shape index (κ2) is 4.55. The number of nitrogens with one attached hydrogen (secondary N) is 1. The van der Waals surface area contributed by atoms with E-state index >= 15 is 0 Å². The molecule has 1 saturated heterocycles. The fourth-order valence-corrected chi connectivity index (χ4v) is 2.27. The molecule has 2 unspecified atom stereocenters. The van der Waals surface area contributed by atoms with Crippen LogP contribution in [0.4, 0.5) is 0 Å². The van der Waals surface area contributed by atoms with Crippen LogP contribution in [0.25, 0.3) is 0 Å². The van der Waals surface area contributed by atoms with Gasteiger partial charge in [0.05, 0.1) is 19.3 Å². The zero-order valence-electron chi connectivity index (χ0n) is 9.94. The average molecular weight is 235 g/mol. The molecule has 0 amide bonds. The minimum atomic E-state index is 0.245. The molecular formula is C13H17NO3. The molecule has 1 aromatic carbocycles. The van der Waals surface area contributed by atoms with E-state index in [-0.39, 0.29) is 6.04 Å². The largest absolute Gasteiger partial charge is 0.486 e. The van der Waals surface area contributed by atoms with E-state index in [1.54, 1.807) is 0 Å². The molecule has 1 N–H and O–H groups in total. The third kappa shape index (κ3) is 2.23. The van der Waals surface area contributed by atoms with Gasteiger partial charge in [0.25, 0.3) is 0 Å². The van der Waals surface area contributed by atoms with Crippen molar-refractivity contribution < 1.29 is 14.2 Å². The summed E-state index contributed by atoms with van der Waals surface area (Å²) >= 11 is 0. The van der Waals surface area contributed by atoms with Crippen LogP contribution in [-0.2, 0) is 4.74 Å². The Morgan fingerprint density at radius 1 is 1.12 bits per heavy atom. The Kier molecular flexibility index (Phi) is 2.91. The van der Waals surface area contributed by atoms with Crippen molar-refractivity contribution in [2.75, 3.05) is 26.4 Å². The Labute approximate surface area is 101 Å². The molecule has 17 heavy (non-hydrogen) atoms. The lowest BCUT2D eigenvalue weighted by molar-refractivity contribution is 0.0502. The van der Waals surface area contributed by atoms with Crippen LogP contribution in [-0.4, -0.2) is 32.5 Å². The second-order valence-corrected chi connectivity index (χ2v) is 4.56. The predicted octanol–water partition coefficient (Wildman–Crippen LogP) is 1.51. The van der Waals surface area contributed by atoms with E-state index in [0.717, 1.165) is 18.1 Å².